The van der Waals surface area contributed by atoms with Crippen LogP contribution < -0.4 is 15.8 Å². The maximum absolute atomic E-state index is 13.6. The Morgan fingerprint density at radius 3 is 2.68 bits per heavy atom. The number of benzene rings is 2. The molecule has 9 nitrogen and oxygen atoms in total. The number of H-pyrrole nitrogens is 1. The molecule has 0 aliphatic carbocycles. The molecule has 2 aromatic heterocycles. The Bertz CT molecular complexity index is 1550. The maximum Gasteiger partial charge on any atom is 0.251 e. The van der Waals surface area contributed by atoms with Crippen LogP contribution in [0.15, 0.2) is 48.5 Å². The lowest BCUT2D eigenvalue weighted by atomic mass is 9.82. The molecule has 0 fully saturated rings. The van der Waals surface area contributed by atoms with Crippen molar-refractivity contribution in [3.05, 3.63) is 76.9 Å². The lowest BCUT2D eigenvalue weighted by Crippen LogP contribution is -2.41. The topological polar surface area (TPSA) is 143 Å². The summed E-state index contributed by atoms with van der Waals surface area (Å²) in [4.78, 5) is 29.9. The molecule has 2 amide bonds. The number of pyridine rings is 1. The summed E-state index contributed by atoms with van der Waals surface area (Å²) in [5, 5.41) is 22.0. The molecule has 1 aliphatic rings. The summed E-state index contributed by atoms with van der Waals surface area (Å²) >= 11 is 0. The summed E-state index contributed by atoms with van der Waals surface area (Å²) in [6.45, 7) is 4.87. The number of aryl methyl sites for hydroxylation is 1. The summed E-state index contributed by atoms with van der Waals surface area (Å²) in [6, 6.07) is 12.4. The fourth-order valence-electron chi connectivity index (χ4n) is 4.39. The number of carbonyl (C=O) groups is 2. The molecule has 0 saturated heterocycles. The third-order valence-electron chi connectivity index (χ3n) is 6.89. The second-order valence-corrected chi connectivity index (χ2v) is 9.76. The van der Waals surface area contributed by atoms with Gasteiger partial charge in [0.05, 0.1) is 17.8 Å². The zero-order valence-corrected chi connectivity index (χ0v) is 20.6. The van der Waals surface area contributed by atoms with Crippen LogP contribution in [0.4, 0.5) is 4.39 Å². The van der Waals surface area contributed by atoms with E-state index in [-0.39, 0.29) is 24.8 Å². The number of fused-ring (bicyclic) bond motifs is 2. The van der Waals surface area contributed by atoms with Gasteiger partial charge < -0.3 is 20.9 Å². The second kappa shape index (κ2) is 8.67. The van der Waals surface area contributed by atoms with Crippen molar-refractivity contribution < 1.29 is 23.8 Å². The maximum atomic E-state index is 13.6. The van der Waals surface area contributed by atoms with E-state index in [0.29, 0.717) is 28.1 Å². The number of nitrogens with two attached hydrogens (primary N) is 1. The molecule has 2 atom stereocenters. The highest BCUT2D eigenvalue weighted by Crippen LogP contribution is 2.45. The summed E-state index contributed by atoms with van der Waals surface area (Å²) in [6.07, 6.45) is 0. The number of aromatic nitrogens is 3. The van der Waals surface area contributed by atoms with E-state index in [4.69, 9.17) is 10.5 Å². The van der Waals surface area contributed by atoms with Crippen molar-refractivity contribution in [1.29, 1.82) is 0 Å². The average molecular weight is 504 g/mol. The van der Waals surface area contributed by atoms with Crippen LogP contribution in [0, 0.1) is 12.7 Å². The van der Waals surface area contributed by atoms with E-state index in [2.05, 4.69) is 20.5 Å². The number of hydrogen-bond acceptors (Lipinski definition) is 6. The summed E-state index contributed by atoms with van der Waals surface area (Å²) in [5.41, 5.74) is 6.47. The molecule has 4 aromatic rings. The monoisotopic (exact) mass is 503 g/mol. The van der Waals surface area contributed by atoms with Gasteiger partial charge in [-0.2, -0.15) is 5.10 Å². The van der Waals surface area contributed by atoms with E-state index in [0.717, 1.165) is 16.6 Å². The van der Waals surface area contributed by atoms with E-state index in [1.54, 1.807) is 31.2 Å². The van der Waals surface area contributed by atoms with Crippen LogP contribution in [-0.4, -0.2) is 45.3 Å². The van der Waals surface area contributed by atoms with Crippen LogP contribution in [-0.2, 0) is 15.8 Å². The normalized spacial score (nSPS) is 18.2. The molecule has 5 rings (SSSR count). The van der Waals surface area contributed by atoms with Gasteiger partial charge in [-0.3, -0.25) is 14.7 Å². The highest BCUT2D eigenvalue weighted by molar-refractivity contribution is 5.98. The van der Waals surface area contributed by atoms with E-state index >= 15 is 0 Å². The van der Waals surface area contributed by atoms with Gasteiger partial charge in [-0.1, -0.05) is 0 Å². The Kier molecular flexibility index (Phi) is 5.71. The number of amides is 2. The first-order valence-electron chi connectivity index (χ1n) is 11.7. The van der Waals surface area contributed by atoms with Gasteiger partial charge in [0, 0.05) is 27.8 Å². The zero-order valence-electron chi connectivity index (χ0n) is 20.6. The molecule has 2 aromatic carbocycles. The van der Waals surface area contributed by atoms with Crippen molar-refractivity contribution in [3.8, 4) is 17.0 Å². The molecule has 0 bridgehead atoms. The van der Waals surface area contributed by atoms with Crippen molar-refractivity contribution in [1.82, 2.24) is 20.5 Å². The third-order valence-corrected chi connectivity index (χ3v) is 6.89. The number of aromatic amines is 1. The molecule has 190 valence electrons. The van der Waals surface area contributed by atoms with Gasteiger partial charge in [-0.05, 0) is 69.3 Å². The largest absolute Gasteiger partial charge is 0.489 e. The van der Waals surface area contributed by atoms with Crippen molar-refractivity contribution in [3.63, 3.8) is 0 Å². The van der Waals surface area contributed by atoms with E-state index in [9.17, 15) is 19.1 Å². The SMILES string of the molecule is Cc1[nH]nc2ccc(C(=O)NC[C@](C)(O)c3cc4c(c(-c5ccc(F)cc5)n3)OC[C@]4(C)C(N)=O)cc12. The van der Waals surface area contributed by atoms with Crippen LogP contribution >= 0.6 is 0 Å². The number of nitrogens with one attached hydrogen (secondary N) is 2. The summed E-state index contributed by atoms with van der Waals surface area (Å²) in [7, 11) is 0. The number of nitrogens with zero attached hydrogens (tertiary/aromatic N) is 2. The first-order chi connectivity index (χ1) is 17.5. The minimum atomic E-state index is -1.63. The smallest absolute Gasteiger partial charge is 0.251 e. The molecule has 1 aliphatic heterocycles. The standard InChI is InChI=1S/C27H26FN5O4/c1-14-18-10-16(6-9-20(18)33-32-14)24(34)30-12-27(3,36)21-11-19-23(37-13-26(19,2)25(29)35)22(31-21)15-4-7-17(28)8-5-15/h4-11,36H,12-13H2,1-3H3,(H2,29,35)(H,30,34)(H,32,33)/t26-,27-/m0/s1. The van der Waals surface area contributed by atoms with Crippen LogP contribution in [0.1, 0.15) is 41.2 Å². The molecule has 0 radical (unpaired) electrons. The Morgan fingerprint density at radius 1 is 1.24 bits per heavy atom. The lowest BCUT2D eigenvalue weighted by molar-refractivity contribution is -0.123. The molecule has 10 heteroatoms. The van der Waals surface area contributed by atoms with Crippen LogP contribution in [0.5, 0.6) is 5.75 Å². The van der Waals surface area contributed by atoms with Gasteiger partial charge in [0.25, 0.3) is 5.91 Å². The van der Waals surface area contributed by atoms with Gasteiger partial charge in [0.2, 0.25) is 5.91 Å². The number of carbonyl (C=O) groups excluding carboxylic acids is 2. The van der Waals surface area contributed by atoms with Crippen molar-refractivity contribution >= 4 is 22.7 Å². The van der Waals surface area contributed by atoms with Crippen molar-refractivity contribution in [2.45, 2.75) is 31.8 Å². The van der Waals surface area contributed by atoms with Gasteiger partial charge in [-0.15, -0.1) is 0 Å². The molecular formula is C27H26FN5O4. The predicted octanol–water partition coefficient (Wildman–Crippen LogP) is 2.85. The highest BCUT2D eigenvalue weighted by atomic mass is 19.1. The molecule has 0 saturated carbocycles. The van der Waals surface area contributed by atoms with E-state index < -0.39 is 22.7 Å². The Morgan fingerprint density at radius 2 is 1.97 bits per heavy atom. The molecule has 0 unspecified atom stereocenters. The Labute approximate surface area is 211 Å². The van der Waals surface area contributed by atoms with Gasteiger partial charge in [-0.25, -0.2) is 9.37 Å². The Hall–Kier alpha value is -4.31. The number of aliphatic hydroxyl groups is 1. The van der Waals surface area contributed by atoms with Crippen molar-refractivity contribution in [2.24, 2.45) is 5.73 Å². The number of hydrogen-bond donors (Lipinski definition) is 4. The van der Waals surface area contributed by atoms with Gasteiger partial charge in [0.1, 0.15) is 34.9 Å². The number of ether oxygens (including phenoxy) is 1. The van der Waals surface area contributed by atoms with Gasteiger partial charge >= 0.3 is 0 Å². The third kappa shape index (κ3) is 4.19. The van der Waals surface area contributed by atoms with Crippen molar-refractivity contribution in [2.75, 3.05) is 13.2 Å². The summed E-state index contributed by atoms with van der Waals surface area (Å²) in [5.74, 6) is -1.04. The number of halogens is 1. The first kappa shape index (κ1) is 24.4. The van der Waals surface area contributed by atoms with Gasteiger partial charge in [0.15, 0.2) is 0 Å². The quantitative estimate of drug-likeness (QED) is 0.319. The number of rotatable bonds is 6. The zero-order chi connectivity index (χ0) is 26.5. The molecule has 5 N–H and O–H groups in total. The lowest BCUT2D eigenvalue weighted by Gasteiger charge is -2.26. The average Bonchev–Trinajstić information content (AvgIpc) is 3.43. The first-order valence-corrected chi connectivity index (χ1v) is 11.7. The fraction of sp³-hybridized carbons (Fsp3) is 0.259. The van der Waals surface area contributed by atoms with Crippen LogP contribution in [0.3, 0.4) is 0 Å². The Balaban J connectivity index is 1.49. The molecule has 0 spiro atoms. The number of primary amides is 1. The second-order valence-electron chi connectivity index (χ2n) is 9.76. The van der Waals surface area contributed by atoms with Crippen LogP contribution in [0.25, 0.3) is 22.2 Å². The molecule has 37 heavy (non-hydrogen) atoms. The van der Waals surface area contributed by atoms with E-state index in [1.165, 1.54) is 31.2 Å². The van der Waals surface area contributed by atoms with Crippen LogP contribution in [0.2, 0.25) is 0 Å². The minimum Gasteiger partial charge on any atom is -0.489 e. The molecular weight excluding hydrogens is 477 g/mol. The molecule has 3 heterocycles. The highest BCUT2D eigenvalue weighted by Gasteiger charge is 2.45. The fourth-order valence-corrected chi connectivity index (χ4v) is 4.39. The van der Waals surface area contributed by atoms with E-state index in [1.807, 2.05) is 6.92 Å². The minimum absolute atomic E-state index is 0.00573. The summed E-state index contributed by atoms with van der Waals surface area (Å²) < 4.78 is 19.4. The predicted molar refractivity (Wildman–Crippen MR) is 134 cm³/mol.